The second-order valence-electron chi connectivity index (χ2n) is 7.40. The van der Waals surface area contributed by atoms with E-state index in [0.717, 1.165) is 43.6 Å². The van der Waals surface area contributed by atoms with E-state index in [0.29, 0.717) is 18.7 Å². The topological polar surface area (TPSA) is 52.7 Å². The van der Waals surface area contributed by atoms with Crippen molar-refractivity contribution in [1.29, 1.82) is 0 Å². The molecule has 140 valence electrons. The maximum atomic E-state index is 12.7. The first kappa shape index (κ1) is 17.6. The summed E-state index contributed by atoms with van der Waals surface area (Å²) in [6.45, 7) is 4.96. The molecule has 0 bridgehead atoms. The van der Waals surface area contributed by atoms with Crippen LogP contribution < -0.4 is 5.32 Å². The van der Waals surface area contributed by atoms with E-state index >= 15 is 0 Å². The predicted molar refractivity (Wildman–Crippen MR) is 106 cm³/mol. The van der Waals surface area contributed by atoms with Gasteiger partial charge in [-0.2, -0.15) is 0 Å². The number of urea groups is 1. The number of nitrogens with zero attached hydrogens (tertiary/aromatic N) is 2. The van der Waals surface area contributed by atoms with E-state index in [1.165, 1.54) is 11.1 Å². The Hall–Kier alpha value is -2.82. The van der Waals surface area contributed by atoms with E-state index in [1.807, 2.05) is 47.1 Å². The number of hydrogen-bond donors (Lipinski definition) is 1. The van der Waals surface area contributed by atoms with Crippen molar-refractivity contribution in [3.05, 3.63) is 64.7 Å². The van der Waals surface area contributed by atoms with Gasteiger partial charge in [-0.1, -0.05) is 24.3 Å². The molecule has 0 aliphatic carbocycles. The minimum absolute atomic E-state index is 0.0844. The minimum Gasteiger partial charge on any atom is -0.339 e. The molecule has 1 saturated heterocycles. The second-order valence-corrected chi connectivity index (χ2v) is 7.40. The Morgan fingerprint density at radius 3 is 2.41 bits per heavy atom. The molecular weight excluding hydrogens is 338 g/mol. The van der Waals surface area contributed by atoms with Gasteiger partial charge < -0.3 is 15.1 Å². The highest BCUT2D eigenvalue weighted by atomic mass is 16.2. The first-order chi connectivity index (χ1) is 13.1. The predicted octanol–water partition coefficient (Wildman–Crippen LogP) is 3.82. The summed E-state index contributed by atoms with van der Waals surface area (Å²) in [5.41, 5.74) is 4.90. The number of likely N-dealkylation sites (tertiary alicyclic amines) is 1. The lowest BCUT2D eigenvalue weighted by Crippen LogP contribution is -2.39. The van der Waals surface area contributed by atoms with Crippen molar-refractivity contribution >= 4 is 17.6 Å². The molecule has 5 heteroatoms. The molecule has 4 rings (SSSR count). The van der Waals surface area contributed by atoms with Gasteiger partial charge in [0.2, 0.25) is 0 Å². The number of hydrogen-bond acceptors (Lipinski definition) is 2. The first-order valence-corrected chi connectivity index (χ1v) is 9.64. The monoisotopic (exact) mass is 363 g/mol. The number of carbonyl (C=O) groups excluding carboxylic acids is 2. The molecule has 0 aromatic heterocycles. The van der Waals surface area contributed by atoms with Crippen LogP contribution in [0.2, 0.25) is 0 Å². The van der Waals surface area contributed by atoms with Gasteiger partial charge in [0, 0.05) is 37.4 Å². The van der Waals surface area contributed by atoms with Crippen LogP contribution >= 0.6 is 0 Å². The zero-order chi connectivity index (χ0) is 18.8. The van der Waals surface area contributed by atoms with Crippen molar-refractivity contribution in [3.8, 4) is 0 Å². The van der Waals surface area contributed by atoms with Gasteiger partial charge in [0.1, 0.15) is 0 Å². The lowest BCUT2D eigenvalue weighted by atomic mass is 10.0. The number of amides is 3. The highest BCUT2D eigenvalue weighted by Crippen LogP contribution is 2.22. The normalized spacial score (nSPS) is 16.2. The smallest absolute Gasteiger partial charge is 0.322 e. The summed E-state index contributed by atoms with van der Waals surface area (Å²) in [6, 6.07) is 13.7. The molecular formula is C22H25N3O2. The fraction of sp³-hybridized carbons (Fsp3) is 0.364. The van der Waals surface area contributed by atoms with Gasteiger partial charge in [-0.3, -0.25) is 4.79 Å². The van der Waals surface area contributed by atoms with Gasteiger partial charge in [-0.15, -0.1) is 0 Å². The van der Waals surface area contributed by atoms with Crippen LogP contribution in [0.3, 0.4) is 0 Å². The number of nitrogens with one attached hydrogen (secondary N) is 1. The lowest BCUT2D eigenvalue weighted by molar-refractivity contribution is 0.0792. The molecule has 2 aromatic carbocycles. The van der Waals surface area contributed by atoms with E-state index in [9.17, 15) is 9.59 Å². The van der Waals surface area contributed by atoms with Crippen molar-refractivity contribution in [2.45, 2.75) is 32.7 Å². The molecule has 2 aromatic rings. The van der Waals surface area contributed by atoms with Crippen molar-refractivity contribution in [3.63, 3.8) is 0 Å². The summed E-state index contributed by atoms with van der Waals surface area (Å²) in [5, 5.41) is 3.01. The van der Waals surface area contributed by atoms with E-state index in [1.54, 1.807) is 0 Å². The average molecular weight is 363 g/mol. The van der Waals surface area contributed by atoms with Crippen LogP contribution in [0.25, 0.3) is 0 Å². The second kappa shape index (κ2) is 7.43. The highest BCUT2D eigenvalue weighted by molar-refractivity contribution is 5.96. The number of carbonyl (C=O) groups is 2. The molecule has 27 heavy (non-hydrogen) atoms. The van der Waals surface area contributed by atoms with Crippen LogP contribution in [0, 0.1) is 6.92 Å². The maximum Gasteiger partial charge on any atom is 0.322 e. The van der Waals surface area contributed by atoms with E-state index < -0.39 is 0 Å². The Bertz CT molecular complexity index is 872. The third-order valence-electron chi connectivity index (χ3n) is 5.53. The zero-order valence-electron chi connectivity index (χ0n) is 15.7. The average Bonchev–Trinajstić information content (AvgIpc) is 3.23. The van der Waals surface area contributed by atoms with E-state index in [2.05, 4.69) is 17.4 Å². The van der Waals surface area contributed by atoms with Crippen molar-refractivity contribution in [2.24, 2.45) is 0 Å². The molecule has 5 nitrogen and oxygen atoms in total. The third kappa shape index (κ3) is 3.68. The Balaban J connectivity index is 1.43. The van der Waals surface area contributed by atoms with Gasteiger partial charge in [-0.25, -0.2) is 4.79 Å². The minimum atomic E-state index is -0.0915. The van der Waals surface area contributed by atoms with Gasteiger partial charge in [0.25, 0.3) is 5.91 Å². The summed E-state index contributed by atoms with van der Waals surface area (Å²) >= 11 is 0. The molecule has 0 atom stereocenters. The number of benzene rings is 2. The summed E-state index contributed by atoms with van der Waals surface area (Å²) in [6.07, 6.45) is 3.04. The Kier molecular flexibility index (Phi) is 4.84. The Morgan fingerprint density at radius 2 is 1.67 bits per heavy atom. The molecule has 0 saturated carbocycles. The Morgan fingerprint density at radius 1 is 0.926 bits per heavy atom. The highest BCUT2D eigenvalue weighted by Gasteiger charge is 2.22. The number of anilines is 1. The van der Waals surface area contributed by atoms with Crippen molar-refractivity contribution in [1.82, 2.24) is 9.80 Å². The molecule has 0 unspecified atom stereocenters. The zero-order valence-corrected chi connectivity index (χ0v) is 15.7. The van der Waals surface area contributed by atoms with Crippen LogP contribution in [0.5, 0.6) is 0 Å². The van der Waals surface area contributed by atoms with Gasteiger partial charge in [0.05, 0.1) is 0 Å². The summed E-state index contributed by atoms with van der Waals surface area (Å²) in [7, 11) is 0. The number of aryl methyl sites for hydroxylation is 1. The van der Waals surface area contributed by atoms with Gasteiger partial charge in [0.15, 0.2) is 0 Å². The molecule has 3 amide bonds. The fourth-order valence-corrected chi connectivity index (χ4v) is 3.90. The van der Waals surface area contributed by atoms with Crippen LogP contribution in [0.15, 0.2) is 42.5 Å². The lowest BCUT2D eigenvalue weighted by Gasteiger charge is -2.29. The summed E-state index contributed by atoms with van der Waals surface area (Å²) in [4.78, 5) is 29.0. The molecule has 2 heterocycles. The molecule has 2 aliphatic rings. The largest absolute Gasteiger partial charge is 0.339 e. The standard InChI is InChI=1S/C22H25N3O2/c1-16-14-18(21(26)24-11-4-5-12-24)8-9-20(16)23-22(27)25-13-10-17-6-2-3-7-19(17)15-25/h2-3,6-9,14H,4-5,10-13,15H2,1H3,(H,23,27). The van der Waals surface area contributed by atoms with Crippen molar-refractivity contribution < 1.29 is 9.59 Å². The quantitative estimate of drug-likeness (QED) is 0.882. The van der Waals surface area contributed by atoms with E-state index in [4.69, 9.17) is 0 Å². The molecule has 0 radical (unpaired) electrons. The van der Waals surface area contributed by atoms with Crippen LogP contribution in [-0.4, -0.2) is 41.4 Å². The van der Waals surface area contributed by atoms with Crippen LogP contribution in [0.4, 0.5) is 10.5 Å². The molecule has 1 fully saturated rings. The fourth-order valence-electron chi connectivity index (χ4n) is 3.90. The summed E-state index contributed by atoms with van der Waals surface area (Å²) < 4.78 is 0. The van der Waals surface area contributed by atoms with Crippen LogP contribution in [-0.2, 0) is 13.0 Å². The molecule has 2 aliphatic heterocycles. The first-order valence-electron chi connectivity index (χ1n) is 9.64. The summed E-state index contributed by atoms with van der Waals surface area (Å²) in [5.74, 6) is 0.0844. The Labute approximate surface area is 160 Å². The van der Waals surface area contributed by atoms with E-state index in [-0.39, 0.29) is 11.9 Å². The van der Waals surface area contributed by atoms with Crippen LogP contribution in [0.1, 0.15) is 39.9 Å². The number of rotatable bonds is 2. The molecule has 1 N–H and O–H groups in total. The number of fused-ring (bicyclic) bond motifs is 1. The molecule has 0 spiro atoms. The maximum absolute atomic E-state index is 12.7. The van der Waals surface area contributed by atoms with Gasteiger partial charge >= 0.3 is 6.03 Å². The third-order valence-corrected chi connectivity index (χ3v) is 5.53. The van der Waals surface area contributed by atoms with Gasteiger partial charge in [-0.05, 0) is 61.1 Å². The van der Waals surface area contributed by atoms with Crippen molar-refractivity contribution in [2.75, 3.05) is 25.0 Å². The SMILES string of the molecule is Cc1cc(C(=O)N2CCCC2)ccc1NC(=O)N1CCc2ccccc2C1.